The highest BCUT2D eigenvalue weighted by atomic mass is 32.1. The molecule has 0 atom stereocenters. The fourth-order valence-corrected chi connectivity index (χ4v) is 5.40. The maximum atomic E-state index is 12.7. The van der Waals surface area contributed by atoms with E-state index in [4.69, 9.17) is 0 Å². The number of rotatable bonds is 4. The first-order chi connectivity index (χ1) is 12.2. The summed E-state index contributed by atoms with van der Waals surface area (Å²) < 4.78 is 0. The summed E-state index contributed by atoms with van der Waals surface area (Å²) in [5.74, 6) is -0.0482. The summed E-state index contributed by atoms with van der Waals surface area (Å²) in [5.41, 5.74) is 3.57. The molecule has 0 spiro atoms. The summed E-state index contributed by atoms with van der Waals surface area (Å²) in [6.07, 6.45) is 5.49. The summed E-state index contributed by atoms with van der Waals surface area (Å²) in [7, 11) is 0. The van der Waals surface area contributed by atoms with Crippen LogP contribution in [0.2, 0.25) is 0 Å². The first-order valence-corrected chi connectivity index (χ1v) is 10.4. The van der Waals surface area contributed by atoms with Crippen molar-refractivity contribution in [3.63, 3.8) is 0 Å². The average molecular weight is 369 g/mol. The molecule has 0 bridgehead atoms. The van der Waals surface area contributed by atoms with Gasteiger partial charge >= 0.3 is 0 Å². The Hall–Kier alpha value is -1.98. The fourth-order valence-electron chi connectivity index (χ4n) is 3.20. The number of nitrogens with zero attached hydrogens (tertiary/aromatic N) is 1. The monoisotopic (exact) mass is 368 g/mol. The maximum absolute atomic E-state index is 12.7. The van der Waals surface area contributed by atoms with Crippen molar-refractivity contribution in [2.45, 2.75) is 39.0 Å². The molecule has 1 N–H and O–H groups in total. The average Bonchev–Trinajstić information content (AvgIpc) is 3.25. The second-order valence-corrected chi connectivity index (χ2v) is 8.37. The van der Waals surface area contributed by atoms with E-state index in [1.165, 1.54) is 39.4 Å². The van der Waals surface area contributed by atoms with E-state index in [0.717, 1.165) is 29.3 Å². The molecule has 0 saturated carbocycles. The van der Waals surface area contributed by atoms with Crippen molar-refractivity contribution in [3.05, 3.63) is 57.4 Å². The van der Waals surface area contributed by atoms with Gasteiger partial charge in [0.2, 0.25) is 0 Å². The van der Waals surface area contributed by atoms with Gasteiger partial charge in [0.05, 0.1) is 10.6 Å². The van der Waals surface area contributed by atoms with E-state index in [1.54, 1.807) is 22.7 Å². The van der Waals surface area contributed by atoms with Gasteiger partial charge in [0.25, 0.3) is 5.91 Å². The molecular formula is C20H20N2OS2. The van der Waals surface area contributed by atoms with E-state index in [9.17, 15) is 4.79 Å². The molecular weight excluding hydrogens is 348 g/mol. The molecule has 0 saturated heterocycles. The molecule has 0 fully saturated rings. The third kappa shape index (κ3) is 3.39. The summed E-state index contributed by atoms with van der Waals surface area (Å²) in [6, 6.07) is 12.3. The minimum Gasteiger partial charge on any atom is -0.297 e. The lowest BCUT2D eigenvalue weighted by Gasteiger charge is -2.06. The van der Waals surface area contributed by atoms with Crippen molar-refractivity contribution in [1.82, 2.24) is 4.98 Å². The lowest BCUT2D eigenvalue weighted by Crippen LogP contribution is -2.10. The number of hydrogen-bond acceptors (Lipinski definition) is 4. The lowest BCUT2D eigenvalue weighted by atomic mass is 10.0. The molecule has 2 heterocycles. The summed E-state index contributed by atoms with van der Waals surface area (Å²) in [4.78, 5) is 20.6. The van der Waals surface area contributed by atoms with Crippen LogP contribution in [0.5, 0.6) is 0 Å². The number of aromatic nitrogens is 1. The minimum absolute atomic E-state index is 0.0482. The van der Waals surface area contributed by atoms with Crippen molar-refractivity contribution >= 4 is 33.7 Å². The third-order valence-electron chi connectivity index (χ3n) is 4.52. The number of hydrogen-bond donors (Lipinski definition) is 1. The summed E-state index contributed by atoms with van der Waals surface area (Å²) in [5, 5.41) is 3.75. The Labute approximate surface area is 155 Å². The van der Waals surface area contributed by atoms with Crippen LogP contribution < -0.4 is 5.32 Å². The van der Waals surface area contributed by atoms with E-state index in [2.05, 4.69) is 29.4 Å². The van der Waals surface area contributed by atoms with E-state index < -0.39 is 0 Å². The fraction of sp³-hybridized carbons (Fsp3) is 0.300. The van der Waals surface area contributed by atoms with E-state index in [-0.39, 0.29) is 5.91 Å². The molecule has 0 aliphatic heterocycles. The highest BCUT2D eigenvalue weighted by Crippen LogP contribution is 2.34. The highest BCUT2D eigenvalue weighted by Gasteiger charge is 2.19. The molecule has 3 aromatic rings. The van der Waals surface area contributed by atoms with Crippen LogP contribution >= 0.6 is 22.7 Å². The van der Waals surface area contributed by atoms with Gasteiger partial charge < -0.3 is 0 Å². The molecule has 25 heavy (non-hydrogen) atoms. The Morgan fingerprint density at radius 1 is 1.16 bits per heavy atom. The normalized spacial score (nSPS) is 13.5. The zero-order valence-electron chi connectivity index (χ0n) is 14.2. The molecule has 2 aromatic heterocycles. The van der Waals surface area contributed by atoms with Crippen LogP contribution in [0.3, 0.4) is 0 Å². The van der Waals surface area contributed by atoms with Crippen LogP contribution in [0, 0.1) is 0 Å². The quantitative estimate of drug-likeness (QED) is 0.654. The number of anilines is 1. The Bertz CT molecular complexity index is 872. The number of nitrogens with one attached hydrogen (secondary N) is 1. The van der Waals surface area contributed by atoms with Crippen molar-refractivity contribution in [1.29, 1.82) is 0 Å². The van der Waals surface area contributed by atoms with Gasteiger partial charge in [-0.2, -0.15) is 0 Å². The molecule has 128 valence electrons. The van der Waals surface area contributed by atoms with E-state index in [0.29, 0.717) is 0 Å². The van der Waals surface area contributed by atoms with Gasteiger partial charge in [0, 0.05) is 9.75 Å². The number of carbonyl (C=O) groups excluding carboxylic acids is 1. The van der Waals surface area contributed by atoms with Crippen molar-refractivity contribution < 1.29 is 4.79 Å². The Morgan fingerprint density at radius 3 is 2.72 bits per heavy atom. The first-order valence-electron chi connectivity index (χ1n) is 8.72. The molecule has 3 nitrogen and oxygen atoms in total. The standard InChI is InChI=1S/C20H20N2OS2/c1-2-13-12-17(24-18(13)14-8-4-3-5-9-14)19(23)22-20-21-15-10-6-7-11-16(15)25-20/h3-5,8-9,12H,2,6-7,10-11H2,1H3,(H,21,22,23). The summed E-state index contributed by atoms with van der Waals surface area (Å²) >= 11 is 3.20. The molecule has 1 aliphatic carbocycles. The largest absolute Gasteiger partial charge is 0.297 e. The molecule has 1 amide bonds. The molecule has 1 aromatic carbocycles. The molecule has 0 unspecified atom stereocenters. The maximum Gasteiger partial charge on any atom is 0.267 e. The topological polar surface area (TPSA) is 42.0 Å². The van der Waals surface area contributed by atoms with Gasteiger partial charge in [-0.1, -0.05) is 37.3 Å². The Morgan fingerprint density at radius 2 is 1.96 bits per heavy atom. The molecule has 0 radical (unpaired) electrons. The van der Waals surface area contributed by atoms with Crippen molar-refractivity contribution in [3.8, 4) is 10.4 Å². The van der Waals surface area contributed by atoms with Gasteiger partial charge in [0.15, 0.2) is 5.13 Å². The van der Waals surface area contributed by atoms with Crippen LogP contribution in [0.1, 0.15) is 45.6 Å². The molecule has 5 heteroatoms. The summed E-state index contributed by atoms with van der Waals surface area (Å²) in [6.45, 7) is 2.13. The van der Waals surface area contributed by atoms with Crippen LogP contribution in [0.4, 0.5) is 5.13 Å². The zero-order valence-corrected chi connectivity index (χ0v) is 15.8. The third-order valence-corrected chi connectivity index (χ3v) is 6.81. The van der Waals surface area contributed by atoms with Crippen LogP contribution in [0.15, 0.2) is 36.4 Å². The predicted molar refractivity (Wildman–Crippen MR) is 106 cm³/mol. The number of thiazole rings is 1. The number of amides is 1. The van der Waals surface area contributed by atoms with Crippen molar-refractivity contribution in [2.24, 2.45) is 0 Å². The molecule has 4 rings (SSSR count). The minimum atomic E-state index is -0.0482. The predicted octanol–water partition coefficient (Wildman–Crippen LogP) is 5.57. The van der Waals surface area contributed by atoms with Gasteiger partial charge in [0.1, 0.15) is 0 Å². The number of fused-ring (bicyclic) bond motifs is 1. The zero-order chi connectivity index (χ0) is 17.2. The molecule has 1 aliphatic rings. The van der Waals surface area contributed by atoms with E-state index in [1.807, 2.05) is 24.3 Å². The lowest BCUT2D eigenvalue weighted by molar-refractivity contribution is 0.103. The second-order valence-electron chi connectivity index (χ2n) is 6.23. The smallest absolute Gasteiger partial charge is 0.267 e. The van der Waals surface area contributed by atoms with Gasteiger partial charge in [-0.15, -0.1) is 22.7 Å². The number of aryl methyl sites for hydroxylation is 3. The Kier molecular flexibility index (Phi) is 4.68. The number of benzene rings is 1. The van der Waals surface area contributed by atoms with Gasteiger partial charge in [-0.3, -0.25) is 10.1 Å². The van der Waals surface area contributed by atoms with Crippen molar-refractivity contribution in [2.75, 3.05) is 5.32 Å². The second kappa shape index (κ2) is 7.10. The van der Waals surface area contributed by atoms with Gasteiger partial charge in [-0.05, 0) is 49.3 Å². The first kappa shape index (κ1) is 16.5. The van der Waals surface area contributed by atoms with Gasteiger partial charge in [-0.25, -0.2) is 4.98 Å². The van der Waals surface area contributed by atoms with Crippen LogP contribution in [-0.4, -0.2) is 10.9 Å². The van der Waals surface area contributed by atoms with Crippen LogP contribution in [-0.2, 0) is 19.3 Å². The Balaban J connectivity index is 1.58. The van der Waals surface area contributed by atoms with E-state index >= 15 is 0 Å². The van der Waals surface area contributed by atoms with Crippen LogP contribution in [0.25, 0.3) is 10.4 Å². The number of carbonyl (C=O) groups is 1. The highest BCUT2D eigenvalue weighted by molar-refractivity contribution is 7.18. The number of thiophene rings is 1. The SMILES string of the molecule is CCc1cc(C(=O)Nc2nc3c(s2)CCCC3)sc1-c1ccccc1.